The van der Waals surface area contributed by atoms with Crippen molar-refractivity contribution >= 4 is 0 Å². The van der Waals surface area contributed by atoms with Crippen LogP contribution in [0.2, 0.25) is 0 Å². The van der Waals surface area contributed by atoms with Gasteiger partial charge in [0, 0.05) is 12.5 Å². The minimum atomic E-state index is 0.581. The molecular weight excluding hydrogens is 200 g/mol. The highest BCUT2D eigenvalue weighted by Crippen LogP contribution is 2.07. The van der Waals surface area contributed by atoms with E-state index < -0.39 is 0 Å². The molecule has 1 rings (SSSR count). The van der Waals surface area contributed by atoms with Gasteiger partial charge in [-0.2, -0.15) is 0 Å². The van der Waals surface area contributed by atoms with Crippen molar-refractivity contribution < 1.29 is 4.42 Å². The predicted molar refractivity (Wildman–Crippen MR) is 67.5 cm³/mol. The Morgan fingerprint density at radius 3 is 2.56 bits per heavy atom. The summed E-state index contributed by atoms with van der Waals surface area (Å²) in [5, 5.41) is 6.77. The fourth-order valence-electron chi connectivity index (χ4n) is 1.52. The number of hydrogen-bond donors (Lipinski definition) is 2. The van der Waals surface area contributed by atoms with Crippen LogP contribution in [-0.4, -0.2) is 19.1 Å². The van der Waals surface area contributed by atoms with Crippen LogP contribution in [0.4, 0.5) is 0 Å². The third-order valence-electron chi connectivity index (χ3n) is 2.45. The van der Waals surface area contributed by atoms with E-state index in [1.54, 1.807) is 0 Å². The molecule has 0 saturated carbocycles. The van der Waals surface area contributed by atoms with Gasteiger partial charge in [-0.15, -0.1) is 0 Å². The molecule has 0 saturated heterocycles. The van der Waals surface area contributed by atoms with Gasteiger partial charge in [0.1, 0.15) is 11.5 Å². The molecule has 92 valence electrons. The first kappa shape index (κ1) is 13.3. The van der Waals surface area contributed by atoms with Crippen molar-refractivity contribution in [2.75, 3.05) is 13.1 Å². The second-order valence-corrected chi connectivity index (χ2v) is 4.36. The molecule has 0 spiro atoms. The summed E-state index contributed by atoms with van der Waals surface area (Å²) >= 11 is 0. The number of furan rings is 1. The van der Waals surface area contributed by atoms with E-state index in [0.717, 1.165) is 44.0 Å². The van der Waals surface area contributed by atoms with E-state index in [-0.39, 0.29) is 0 Å². The van der Waals surface area contributed by atoms with Crippen molar-refractivity contribution in [1.29, 1.82) is 0 Å². The smallest absolute Gasteiger partial charge is 0.117 e. The lowest BCUT2D eigenvalue weighted by atomic mass is 10.3. The quantitative estimate of drug-likeness (QED) is 0.665. The average molecular weight is 224 g/mol. The summed E-state index contributed by atoms with van der Waals surface area (Å²) in [6.45, 7) is 9.38. The minimum absolute atomic E-state index is 0.581. The number of nitrogens with one attached hydrogen (secondary N) is 2. The molecule has 0 aliphatic rings. The van der Waals surface area contributed by atoms with Gasteiger partial charge in [0.25, 0.3) is 0 Å². The Morgan fingerprint density at radius 1 is 1.19 bits per heavy atom. The molecule has 0 aliphatic heterocycles. The van der Waals surface area contributed by atoms with Gasteiger partial charge in [0.05, 0.1) is 6.54 Å². The highest BCUT2D eigenvalue weighted by molar-refractivity contribution is 5.06. The topological polar surface area (TPSA) is 37.2 Å². The standard InChI is InChI=1S/C13H24N2O/c1-4-12-6-7-13(16-12)10-14-8-5-9-15-11(2)3/h6-7,11,14-15H,4-5,8-10H2,1-3H3. The van der Waals surface area contributed by atoms with E-state index in [4.69, 9.17) is 4.42 Å². The van der Waals surface area contributed by atoms with Crippen LogP contribution in [0.15, 0.2) is 16.5 Å². The lowest BCUT2D eigenvalue weighted by Crippen LogP contribution is -2.26. The van der Waals surface area contributed by atoms with Crippen LogP contribution < -0.4 is 10.6 Å². The summed E-state index contributed by atoms with van der Waals surface area (Å²) in [7, 11) is 0. The third-order valence-corrected chi connectivity index (χ3v) is 2.45. The van der Waals surface area contributed by atoms with Crippen molar-refractivity contribution in [3.63, 3.8) is 0 Å². The van der Waals surface area contributed by atoms with Gasteiger partial charge < -0.3 is 15.1 Å². The second-order valence-electron chi connectivity index (χ2n) is 4.36. The van der Waals surface area contributed by atoms with Crippen LogP contribution in [-0.2, 0) is 13.0 Å². The molecule has 1 aromatic rings. The number of hydrogen-bond acceptors (Lipinski definition) is 3. The molecule has 16 heavy (non-hydrogen) atoms. The SMILES string of the molecule is CCc1ccc(CNCCCNC(C)C)o1. The molecule has 1 heterocycles. The first-order valence-electron chi connectivity index (χ1n) is 6.24. The second kappa shape index (κ2) is 7.47. The fraction of sp³-hybridized carbons (Fsp3) is 0.692. The molecule has 0 radical (unpaired) electrons. The van der Waals surface area contributed by atoms with E-state index in [9.17, 15) is 0 Å². The van der Waals surface area contributed by atoms with Crippen molar-refractivity contribution in [3.05, 3.63) is 23.7 Å². The maximum atomic E-state index is 5.60. The molecule has 2 N–H and O–H groups in total. The Balaban J connectivity index is 2.02. The molecule has 0 amide bonds. The molecule has 3 heteroatoms. The van der Waals surface area contributed by atoms with Crippen LogP contribution >= 0.6 is 0 Å². The van der Waals surface area contributed by atoms with Crippen LogP contribution in [0.25, 0.3) is 0 Å². The van der Waals surface area contributed by atoms with Gasteiger partial charge in [-0.3, -0.25) is 0 Å². The number of aryl methyl sites for hydroxylation is 1. The van der Waals surface area contributed by atoms with Gasteiger partial charge in [0.2, 0.25) is 0 Å². The van der Waals surface area contributed by atoms with E-state index >= 15 is 0 Å². The zero-order valence-corrected chi connectivity index (χ0v) is 10.7. The summed E-state index contributed by atoms with van der Waals surface area (Å²) < 4.78 is 5.60. The van der Waals surface area contributed by atoms with Crippen LogP contribution in [0.3, 0.4) is 0 Å². The van der Waals surface area contributed by atoms with E-state index in [2.05, 4.69) is 43.5 Å². The average Bonchev–Trinajstić information content (AvgIpc) is 2.70. The molecule has 1 aromatic heterocycles. The number of rotatable bonds is 8. The normalized spacial score (nSPS) is 11.2. The highest BCUT2D eigenvalue weighted by Gasteiger charge is 1.99. The molecule has 0 atom stereocenters. The molecule has 0 unspecified atom stereocenters. The fourth-order valence-corrected chi connectivity index (χ4v) is 1.52. The summed E-state index contributed by atoms with van der Waals surface area (Å²) in [6.07, 6.45) is 2.12. The summed E-state index contributed by atoms with van der Waals surface area (Å²) in [6, 6.07) is 4.69. The van der Waals surface area contributed by atoms with E-state index in [0.29, 0.717) is 6.04 Å². The third kappa shape index (κ3) is 5.33. The zero-order valence-electron chi connectivity index (χ0n) is 10.7. The molecular formula is C13H24N2O. The van der Waals surface area contributed by atoms with Gasteiger partial charge >= 0.3 is 0 Å². The van der Waals surface area contributed by atoms with Crippen LogP contribution in [0.1, 0.15) is 38.7 Å². The highest BCUT2D eigenvalue weighted by atomic mass is 16.3. The summed E-state index contributed by atoms with van der Waals surface area (Å²) in [5.41, 5.74) is 0. The molecule has 3 nitrogen and oxygen atoms in total. The van der Waals surface area contributed by atoms with E-state index in [1.807, 2.05) is 0 Å². The van der Waals surface area contributed by atoms with Crippen molar-refractivity contribution in [1.82, 2.24) is 10.6 Å². The van der Waals surface area contributed by atoms with Gasteiger partial charge in [0.15, 0.2) is 0 Å². The first-order valence-corrected chi connectivity index (χ1v) is 6.24. The van der Waals surface area contributed by atoms with Crippen molar-refractivity contribution in [2.45, 2.75) is 46.2 Å². The molecule has 0 aromatic carbocycles. The largest absolute Gasteiger partial charge is 0.465 e. The predicted octanol–water partition coefficient (Wildman–Crippen LogP) is 2.32. The van der Waals surface area contributed by atoms with Gasteiger partial charge in [-0.25, -0.2) is 0 Å². The van der Waals surface area contributed by atoms with Crippen LogP contribution in [0.5, 0.6) is 0 Å². The molecule has 0 aliphatic carbocycles. The minimum Gasteiger partial charge on any atom is -0.465 e. The maximum absolute atomic E-state index is 5.60. The Kier molecular flexibility index (Phi) is 6.19. The van der Waals surface area contributed by atoms with E-state index in [1.165, 1.54) is 0 Å². The molecule has 0 fully saturated rings. The Labute approximate surface area is 98.6 Å². The van der Waals surface area contributed by atoms with Crippen molar-refractivity contribution in [2.24, 2.45) is 0 Å². The first-order chi connectivity index (χ1) is 7.72. The maximum Gasteiger partial charge on any atom is 0.117 e. The zero-order chi connectivity index (χ0) is 11.8. The van der Waals surface area contributed by atoms with Crippen LogP contribution in [0, 0.1) is 0 Å². The Bertz CT molecular complexity index is 281. The lowest BCUT2D eigenvalue weighted by molar-refractivity contribution is 0.447. The lowest BCUT2D eigenvalue weighted by Gasteiger charge is -2.07. The molecule has 0 bridgehead atoms. The Morgan fingerprint density at radius 2 is 1.94 bits per heavy atom. The summed E-state index contributed by atoms with van der Waals surface area (Å²) in [4.78, 5) is 0. The monoisotopic (exact) mass is 224 g/mol. The van der Waals surface area contributed by atoms with Crippen molar-refractivity contribution in [3.8, 4) is 0 Å². The Hall–Kier alpha value is -0.800. The van der Waals surface area contributed by atoms with Gasteiger partial charge in [-0.05, 0) is 31.6 Å². The summed E-state index contributed by atoms with van der Waals surface area (Å²) in [5.74, 6) is 2.10. The van der Waals surface area contributed by atoms with Gasteiger partial charge in [-0.1, -0.05) is 20.8 Å².